The Balaban J connectivity index is 1.65. The first-order chi connectivity index (χ1) is 18.4. The Kier molecular flexibility index (Phi) is 8.21. The summed E-state index contributed by atoms with van der Waals surface area (Å²) in [6, 6.07) is 19.1. The van der Waals surface area contributed by atoms with Gasteiger partial charge < -0.3 is 24.3 Å². The molecule has 1 N–H and O–H groups in total. The molecular formula is C30H33N3O5. The molecule has 0 bridgehead atoms. The third kappa shape index (κ3) is 5.59. The van der Waals surface area contributed by atoms with Gasteiger partial charge in [-0.1, -0.05) is 23.8 Å². The van der Waals surface area contributed by atoms with Crippen LogP contribution in [0, 0.1) is 13.8 Å². The van der Waals surface area contributed by atoms with Crippen molar-refractivity contribution < 1.29 is 23.7 Å². The van der Waals surface area contributed by atoms with E-state index in [0.29, 0.717) is 47.4 Å². The number of carbonyl (C=O) groups excluding carboxylic acids is 1. The topological polar surface area (TPSA) is 83.8 Å². The third-order valence-electron chi connectivity index (χ3n) is 6.35. The van der Waals surface area contributed by atoms with Crippen LogP contribution in [0.1, 0.15) is 27.2 Å². The molecule has 0 spiro atoms. The van der Waals surface area contributed by atoms with E-state index in [2.05, 4.69) is 11.4 Å². The molecule has 0 saturated heterocycles. The van der Waals surface area contributed by atoms with Crippen LogP contribution in [0.4, 0.5) is 0 Å². The van der Waals surface area contributed by atoms with Crippen LogP contribution >= 0.6 is 0 Å². The average Bonchev–Trinajstić information content (AvgIpc) is 3.37. The minimum absolute atomic E-state index is 0.225. The Hall–Kier alpha value is -4.46. The van der Waals surface area contributed by atoms with Crippen LogP contribution in [-0.2, 0) is 6.42 Å². The second-order valence-electron chi connectivity index (χ2n) is 8.88. The maximum absolute atomic E-state index is 13.5. The lowest BCUT2D eigenvalue weighted by Crippen LogP contribution is -2.28. The highest BCUT2D eigenvalue weighted by molar-refractivity contribution is 5.94. The first-order valence-electron chi connectivity index (χ1n) is 12.3. The molecule has 0 aliphatic carbocycles. The van der Waals surface area contributed by atoms with E-state index in [1.807, 2.05) is 56.3 Å². The summed E-state index contributed by atoms with van der Waals surface area (Å²) in [6.07, 6.45) is 0.628. The Morgan fingerprint density at radius 1 is 0.816 bits per heavy atom. The summed E-state index contributed by atoms with van der Waals surface area (Å²) < 4.78 is 23.3. The molecule has 4 rings (SSSR count). The summed E-state index contributed by atoms with van der Waals surface area (Å²) in [4.78, 5) is 13.5. The first kappa shape index (κ1) is 26.6. The second-order valence-corrected chi connectivity index (χ2v) is 8.88. The highest BCUT2D eigenvalue weighted by atomic mass is 16.5. The minimum Gasteiger partial charge on any atom is -0.497 e. The molecule has 4 aromatic rings. The van der Waals surface area contributed by atoms with Gasteiger partial charge in [0.05, 0.1) is 39.8 Å². The van der Waals surface area contributed by atoms with E-state index in [1.54, 1.807) is 45.3 Å². The molecule has 8 nitrogen and oxygen atoms in total. The fourth-order valence-corrected chi connectivity index (χ4v) is 4.36. The first-order valence-corrected chi connectivity index (χ1v) is 12.3. The predicted molar refractivity (Wildman–Crippen MR) is 147 cm³/mol. The number of amides is 1. The van der Waals surface area contributed by atoms with Gasteiger partial charge in [-0.05, 0) is 67.8 Å². The number of rotatable bonds is 10. The van der Waals surface area contributed by atoms with E-state index in [9.17, 15) is 4.79 Å². The maximum Gasteiger partial charge on any atom is 0.270 e. The SMILES string of the molecule is COc1ccc(-c2cc(C(=O)NCCc3ccc(OC)c(OC)c3)n(-c3ccc(C)cc3C)n2)c(OC)c1. The summed E-state index contributed by atoms with van der Waals surface area (Å²) in [5, 5.41) is 7.88. The number of methoxy groups -OCH3 is 4. The van der Waals surface area contributed by atoms with Crippen molar-refractivity contribution in [1.29, 1.82) is 0 Å². The standard InChI is InChI=1S/C30H33N3O5/c1-19-7-11-25(20(2)15-19)33-26(18-24(32-33)23-10-9-22(35-3)17-28(23)37-5)30(34)31-14-13-21-8-12-27(36-4)29(16-21)38-6/h7-12,15-18H,13-14H2,1-6H3,(H,31,34). The van der Waals surface area contributed by atoms with Crippen molar-refractivity contribution in [2.24, 2.45) is 0 Å². The van der Waals surface area contributed by atoms with Crippen LogP contribution in [0.3, 0.4) is 0 Å². The summed E-state index contributed by atoms with van der Waals surface area (Å²) in [5.41, 5.74) is 5.81. The van der Waals surface area contributed by atoms with Gasteiger partial charge in [0.15, 0.2) is 11.5 Å². The zero-order valence-corrected chi connectivity index (χ0v) is 22.6. The largest absolute Gasteiger partial charge is 0.497 e. The van der Waals surface area contributed by atoms with E-state index in [4.69, 9.17) is 24.0 Å². The van der Waals surface area contributed by atoms with E-state index >= 15 is 0 Å². The molecule has 0 aliphatic heterocycles. The number of hydrogen-bond donors (Lipinski definition) is 1. The Bertz CT molecular complexity index is 1440. The number of nitrogens with one attached hydrogen (secondary N) is 1. The van der Waals surface area contributed by atoms with Gasteiger partial charge in [0, 0.05) is 18.2 Å². The van der Waals surface area contributed by atoms with Crippen LogP contribution in [0.15, 0.2) is 60.7 Å². The number of aryl methyl sites for hydroxylation is 2. The fraction of sp³-hybridized carbons (Fsp3) is 0.267. The van der Waals surface area contributed by atoms with Gasteiger partial charge in [0.1, 0.15) is 17.2 Å². The molecular weight excluding hydrogens is 482 g/mol. The molecule has 8 heteroatoms. The summed E-state index contributed by atoms with van der Waals surface area (Å²) in [5.74, 6) is 2.38. The molecule has 3 aromatic carbocycles. The molecule has 38 heavy (non-hydrogen) atoms. The lowest BCUT2D eigenvalue weighted by atomic mass is 10.1. The summed E-state index contributed by atoms with van der Waals surface area (Å²) in [7, 11) is 6.41. The molecule has 1 heterocycles. The van der Waals surface area contributed by atoms with Gasteiger partial charge in [0.25, 0.3) is 5.91 Å². The highest BCUT2D eigenvalue weighted by Crippen LogP contribution is 2.34. The van der Waals surface area contributed by atoms with Crippen molar-refractivity contribution in [1.82, 2.24) is 15.1 Å². The van der Waals surface area contributed by atoms with Gasteiger partial charge in [-0.2, -0.15) is 5.10 Å². The monoisotopic (exact) mass is 515 g/mol. The van der Waals surface area contributed by atoms with E-state index in [-0.39, 0.29) is 5.91 Å². The van der Waals surface area contributed by atoms with Crippen LogP contribution in [0.25, 0.3) is 16.9 Å². The van der Waals surface area contributed by atoms with Gasteiger partial charge in [0.2, 0.25) is 0 Å². The van der Waals surface area contributed by atoms with Gasteiger partial charge >= 0.3 is 0 Å². The number of hydrogen-bond acceptors (Lipinski definition) is 6. The van der Waals surface area contributed by atoms with E-state index in [0.717, 1.165) is 27.9 Å². The van der Waals surface area contributed by atoms with Crippen molar-refractivity contribution in [2.45, 2.75) is 20.3 Å². The zero-order valence-electron chi connectivity index (χ0n) is 22.6. The molecule has 0 atom stereocenters. The smallest absolute Gasteiger partial charge is 0.270 e. The number of carbonyl (C=O) groups is 1. The zero-order chi connectivity index (χ0) is 27.2. The molecule has 0 unspecified atom stereocenters. The Labute approximate surface area is 223 Å². The summed E-state index contributed by atoms with van der Waals surface area (Å²) in [6.45, 7) is 4.49. The number of nitrogens with zero attached hydrogens (tertiary/aromatic N) is 2. The maximum atomic E-state index is 13.5. The Morgan fingerprint density at radius 2 is 1.58 bits per heavy atom. The fourth-order valence-electron chi connectivity index (χ4n) is 4.36. The van der Waals surface area contributed by atoms with Gasteiger partial charge in [-0.15, -0.1) is 0 Å². The predicted octanol–water partition coefficient (Wildman–Crippen LogP) is 5.16. The van der Waals surface area contributed by atoms with Gasteiger partial charge in [-0.25, -0.2) is 4.68 Å². The molecule has 1 aromatic heterocycles. The van der Waals surface area contributed by atoms with Crippen molar-refractivity contribution >= 4 is 5.91 Å². The van der Waals surface area contributed by atoms with Crippen LogP contribution < -0.4 is 24.3 Å². The quantitative estimate of drug-likeness (QED) is 0.314. The van der Waals surface area contributed by atoms with Crippen molar-refractivity contribution in [2.75, 3.05) is 35.0 Å². The lowest BCUT2D eigenvalue weighted by Gasteiger charge is -2.12. The van der Waals surface area contributed by atoms with Gasteiger partial charge in [-0.3, -0.25) is 4.79 Å². The molecule has 198 valence electrons. The third-order valence-corrected chi connectivity index (χ3v) is 6.35. The number of benzene rings is 3. The lowest BCUT2D eigenvalue weighted by molar-refractivity contribution is 0.0946. The Morgan fingerprint density at radius 3 is 2.26 bits per heavy atom. The normalized spacial score (nSPS) is 10.7. The highest BCUT2D eigenvalue weighted by Gasteiger charge is 2.21. The van der Waals surface area contributed by atoms with E-state index < -0.39 is 0 Å². The minimum atomic E-state index is -0.225. The number of ether oxygens (including phenoxy) is 4. The molecule has 0 saturated carbocycles. The molecule has 0 aliphatic rings. The van der Waals surface area contributed by atoms with Crippen LogP contribution in [-0.4, -0.2) is 50.7 Å². The van der Waals surface area contributed by atoms with Crippen molar-refractivity contribution in [3.8, 4) is 39.9 Å². The molecule has 1 amide bonds. The summed E-state index contributed by atoms with van der Waals surface area (Å²) >= 11 is 0. The second kappa shape index (κ2) is 11.7. The van der Waals surface area contributed by atoms with Crippen LogP contribution in [0.2, 0.25) is 0 Å². The molecule has 0 radical (unpaired) electrons. The van der Waals surface area contributed by atoms with Crippen molar-refractivity contribution in [3.63, 3.8) is 0 Å². The average molecular weight is 516 g/mol. The number of aromatic nitrogens is 2. The van der Waals surface area contributed by atoms with Crippen LogP contribution in [0.5, 0.6) is 23.0 Å². The molecule has 0 fully saturated rings. The van der Waals surface area contributed by atoms with E-state index in [1.165, 1.54) is 0 Å². The van der Waals surface area contributed by atoms with Crippen molar-refractivity contribution in [3.05, 3.63) is 83.0 Å².